The Hall–Kier alpha value is -2.44. The number of nitrogens with one attached hydrogen (secondary N) is 1. The van der Waals surface area contributed by atoms with E-state index in [4.69, 9.17) is 5.11 Å². The van der Waals surface area contributed by atoms with Crippen molar-refractivity contribution >= 4 is 17.6 Å². The number of rotatable bonds is 5. The number of aromatic carboxylic acids is 1. The molecular formula is C12H14N2O5. The first kappa shape index (κ1) is 14.6. The van der Waals surface area contributed by atoms with Crippen molar-refractivity contribution in [3.63, 3.8) is 0 Å². The Morgan fingerprint density at radius 1 is 1.42 bits per heavy atom. The van der Waals surface area contributed by atoms with Gasteiger partial charge in [-0.2, -0.15) is 0 Å². The maximum Gasteiger partial charge on any atom is 0.336 e. The number of carbonyl (C=O) groups excluding carboxylic acids is 1. The smallest absolute Gasteiger partial charge is 0.336 e. The van der Waals surface area contributed by atoms with Gasteiger partial charge < -0.3 is 10.4 Å². The van der Waals surface area contributed by atoms with Gasteiger partial charge in [-0.15, -0.1) is 0 Å². The van der Waals surface area contributed by atoms with E-state index in [1.165, 1.54) is 0 Å². The van der Waals surface area contributed by atoms with Crippen molar-refractivity contribution in [1.82, 2.24) is 5.32 Å². The van der Waals surface area contributed by atoms with Gasteiger partial charge in [-0.05, 0) is 19.4 Å². The second-order valence-electron chi connectivity index (χ2n) is 4.07. The molecule has 0 aliphatic rings. The second-order valence-corrected chi connectivity index (χ2v) is 4.07. The summed E-state index contributed by atoms with van der Waals surface area (Å²) in [5, 5.41) is 22.2. The highest BCUT2D eigenvalue weighted by molar-refractivity contribution is 6.05. The Morgan fingerprint density at radius 2 is 2.05 bits per heavy atom. The molecule has 1 aromatic carbocycles. The lowest BCUT2D eigenvalue weighted by atomic mass is 10.1. The normalized spacial score (nSPS) is 11.7. The summed E-state index contributed by atoms with van der Waals surface area (Å²) in [6.07, 6.45) is 0.696. The fraction of sp³-hybridized carbons (Fsp3) is 0.333. The van der Waals surface area contributed by atoms with E-state index in [0.717, 1.165) is 18.2 Å². The zero-order valence-corrected chi connectivity index (χ0v) is 10.5. The number of amides is 1. The molecule has 0 spiro atoms. The van der Waals surface area contributed by atoms with E-state index in [-0.39, 0.29) is 22.9 Å². The lowest BCUT2D eigenvalue weighted by Gasteiger charge is -2.12. The summed E-state index contributed by atoms with van der Waals surface area (Å²) < 4.78 is 0. The Bertz CT molecular complexity index is 527. The minimum Gasteiger partial charge on any atom is -0.478 e. The van der Waals surface area contributed by atoms with Crippen molar-refractivity contribution in [2.75, 3.05) is 0 Å². The van der Waals surface area contributed by atoms with Crippen molar-refractivity contribution in [3.8, 4) is 0 Å². The van der Waals surface area contributed by atoms with Gasteiger partial charge in [0.05, 0.1) is 16.1 Å². The summed E-state index contributed by atoms with van der Waals surface area (Å²) in [6, 6.07) is 3.04. The molecule has 19 heavy (non-hydrogen) atoms. The molecule has 0 bridgehead atoms. The third-order valence-corrected chi connectivity index (χ3v) is 2.68. The van der Waals surface area contributed by atoms with Crippen molar-refractivity contribution in [3.05, 3.63) is 39.4 Å². The summed E-state index contributed by atoms with van der Waals surface area (Å²) in [5.41, 5.74) is -0.828. The van der Waals surface area contributed by atoms with Crippen LogP contribution in [-0.2, 0) is 0 Å². The van der Waals surface area contributed by atoms with Gasteiger partial charge in [0.2, 0.25) is 0 Å². The van der Waals surface area contributed by atoms with Gasteiger partial charge in [0, 0.05) is 18.2 Å². The average Bonchev–Trinajstić information content (AvgIpc) is 2.37. The first-order valence-electron chi connectivity index (χ1n) is 5.69. The van der Waals surface area contributed by atoms with E-state index in [1.807, 2.05) is 6.92 Å². The van der Waals surface area contributed by atoms with Crippen LogP contribution in [0.2, 0.25) is 0 Å². The number of hydrogen-bond donors (Lipinski definition) is 2. The van der Waals surface area contributed by atoms with Gasteiger partial charge in [0.25, 0.3) is 11.6 Å². The third-order valence-electron chi connectivity index (χ3n) is 2.68. The predicted octanol–water partition coefficient (Wildman–Crippen LogP) is 1.82. The molecule has 102 valence electrons. The Labute approximate surface area is 109 Å². The molecule has 0 saturated carbocycles. The molecule has 1 aromatic rings. The number of nitro groups is 1. The van der Waals surface area contributed by atoms with Gasteiger partial charge in [0.15, 0.2) is 0 Å². The fourth-order valence-electron chi connectivity index (χ4n) is 1.42. The number of carboxylic acid groups (broad SMARTS) is 1. The van der Waals surface area contributed by atoms with Gasteiger partial charge >= 0.3 is 5.97 Å². The van der Waals surface area contributed by atoms with Crippen LogP contribution in [0.5, 0.6) is 0 Å². The van der Waals surface area contributed by atoms with E-state index in [9.17, 15) is 19.7 Å². The van der Waals surface area contributed by atoms with Gasteiger partial charge in [-0.3, -0.25) is 14.9 Å². The molecule has 0 heterocycles. The molecule has 1 amide bonds. The minimum absolute atomic E-state index is 0.0848. The largest absolute Gasteiger partial charge is 0.478 e. The molecule has 1 unspecified atom stereocenters. The second kappa shape index (κ2) is 5.94. The monoisotopic (exact) mass is 266 g/mol. The van der Waals surface area contributed by atoms with Crippen LogP contribution < -0.4 is 5.32 Å². The lowest BCUT2D eigenvalue weighted by molar-refractivity contribution is -0.384. The van der Waals surface area contributed by atoms with Crippen LogP contribution in [0, 0.1) is 10.1 Å². The summed E-state index contributed by atoms with van der Waals surface area (Å²) in [7, 11) is 0. The van der Waals surface area contributed by atoms with Gasteiger partial charge in [-0.25, -0.2) is 4.79 Å². The van der Waals surface area contributed by atoms with Crippen LogP contribution in [0.1, 0.15) is 41.0 Å². The molecule has 0 saturated heterocycles. The summed E-state index contributed by atoms with van der Waals surface area (Å²) >= 11 is 0. The highest BCUT2D eigenvalue weighted by atomic mass is 16.6. The molecule has 0 aliphatic carbocycles. The summed E-state index contributed by atoms with van der Waals surface area (Å²) in [6.45, 7) is 3.66. The van der Waals surface area contributed by atoms with Crippen LogP contribution in [0.3, 0.4) is 0 Å². The average molecular weight is 266 g/mol. The third kappa shape index (κ3) is 3.51. The maximum absolute atomic E-state index is 11.9. The minimum atomic E-state index is -1.38. The van der Waals surface area contributed by atoms with Gasteiger partial charge in [-0.1, -0.05) is 6.92 Å². The molecule has 0 aromatic heterocycles. The highest BCUT2D eigenvalue weighted by Gasteiger charge is 2.21. The highest BCUT2D eigenvalue weighted by Crippen LogP contribution is 2.18. The Balaban J connectivity index is 3.17. The van der Waals surface area contributed by atoms with Crippen LogP contribution in [-0.4, -0.2) is 27.9 Å². The number of carbonyl (C=O) groups is 2. The number of nitrogens with zero attached hydrogens (tertiary/aromatic N) is 1. The zero-order chi connectivity index (χ0) is 14.6. The molecule has 7 nitrogen and oxygen atoms in total. The van der Waals surface area contributed by atoms with Crippen molar-refractivity contribution in [2.45, 2.75) is 26.3 Å². The zero-order valence-electron chi connectivity index (χ0n) is 10.5. The quantitative estimate of drug-likeness (QED) is 0.624. The molecule has 1 atom stereocenters. The SMILES string of the molecule is CCC(C)NC(=O)c1ccc([N+](=O)[O-])cc1C(=O)O. The van der Waals surface area contributed by atoms with E-state index in [1.54, 1.807) is 6.92 Å². The summed E-state index contributed by atoms with van der Waals surface area (Å²) in [4.78, 5) is 32.8. The number of hydrogen-bond acceptors (Lipinski definition) is 4. The van der Waals surface area contributed by atoms with Crippen molar-refractivity contribution < 1.29 is 19.6 Å². The molecule has 2 N–H and O–H groups in total. The molecule has 7 heteroatoms. The van der Waals surface area contributed by atoms with Gasteiger partial charge in [0.1, 0.15) is 0 Å². The molecule has 0 fully saturated rings. The predicted molar refractivity (Wildman–Crippen MR) is 67.3 cm³/mol. The number of nitro benzene ring substituents is 1. The van der Waals surface area contributed by atoms with Crippen LogP contribution >= 0.6 is 0 Å². The Kier molecular flexibility index (Phi) is 4.57. The van der Waals surface area contributed by atoms with Crippen LogP contribution in [0.4, 0.5) is 5.69 Å². The van der Waals surface area contributed by atoms with E-state index >= 15 is 0 Å². The van der Waals surface area contributed by atoms with Crippen LogP contribution in [0.15, 0.2) is 18.2 Å². The number of benzene rings is 1. The lowest BCUT2D eigenvalue weighted by Crippen LogP contribution is -2.33. The number of carboxylic acids is 1. The van der Waals surface area contributed by atoms with Crippen molar-refractivity contribution in [2.24, 2.45) is 0 Å². The molecule has 0 aliphatic heterocycles. The van der Waals surface area contributed by atoms with E-state index in [0.29, 0.717) is 6.42 Å². The van der Waals surface area contributed by atoms with Crippen LogP contribution in [0.25, 0.3) is 0 Å². The standard InChI is InChI=1S/C12H14N2O5/c1-3-7(2)13-11(15)9-5-4-8(14(18)19)6-10(9)12(16)17/h4-7H,3H2,1-2H3,(H,13,15)(H,16,17). The Morgan fingerprint density at radius 3 is 2.53 bits per heavy atom. The first-order valence-corrected chi connectivity index (χ1v) is 5.69. The molecular weight excluding hydrogens is 252 g/mol. The molecule has 0 radical (unpaired) electrons. The molecule has 1 rings (SSSR count). The number of non-ortho nitro benzene ring substituents is 1. The van der Waals surface area contributed by atoms with Crippen molar-refractivity contribution in [1.29, 1.82) is 0 Å². The maximum atomic E-state index is 11.9. The summed E-state index contributed by atoms with van der Waals surface area (Å²) in [5.74, 6) is -1.93. The van der Waals surface area contributed by atoms with E-state index in [2.05, 4.69) is 5.32 Å². The first-order chi connectivity index (χ1) is 8.86. The van der Waals surface area contributed by atoms with E-state index < -0.39 is 16.8 Å². The topological polar surface area (TPSA) is 110 Å². The fourth-order valence-corrected chi connectivity index (χ4v) is 1.42.